The fourth-order valence-electron chi connectivity index (χ4n) is 1.85. The van der Waals surface area contributed by atoms with Crippen LogP contribution in [-0.2, 0) is 14.3 Å². The van der Waals surface area contributed by atoms with E-state index >= 15 is 0 Å². The van der Waals surface area contributed by atoms with Crippen LogP contribution in [-0.4, -0.2) is 59.9 Å². The first kappa shape index (κ1) is 12.4. The molecule has 0 amide bonds. The highest BCUT2D eigenvalue weighted by Crippen LogP contribution is 2.25. The molecule has 6 heteroatoms. The van der Waals surface area contributed by atoms with E-state index in [0.717, 1.165) is 0 Å². The maximum Gasteiger partial charge on any atom is 0.335 e. The van der Waals surface area contributed by atoms with E-state index < -0.39 is 24.1 Å². The molecule has 1 fully saturated rings. The Balaban J connectivity index is 2.72. The molecular formula is C9H16O6. The maximum atomic E-state index is 10.6. The Morgan fingerprint density at radius 3 is 2.80 bits per heavy atom. The van der Waals surface area contributed by atoms with E-state index in [1.165, 1.54) is 7.11 Å². The summed E-state index contributed by atoms with van der Waals surface area (Å²) in [4.78, 5) is 10.6. The number of methoxy groups -OCH3 is 1. The largest absolute Gasteiger partial charge is 0.479 e. The number of aliphatic hydroxyl groups is 2. The molecule has 0 spiro atoms. The lowest BCUT2D eigenvalue weighted by molar-refractivity contribution is -0.179. The summed E-state index contributed by atoms with van der Waals surface area (Å²) in [7, 11) is 1.49. The Bertz CT molecular complexity index is 219. The summed E-state index contributed by atoms with van der Waals surface area (Å²) >= 11 is 0. The van der Waals surface area contributed by atoms with Gasteiger partial charge in [0.15, 0.2) is 6.10 Å². The van der Waals surface area contributed by atoms with Gasteiger partial charge in [-0.3, -0.25) is 0 Å². The second-order valence-corrected chi connectivity index (χ2v) is 3.53. The van der Waals surface area contributed by atoms with E-state index in [4.69, 9.17) is 19.7 Å². The van der Waals surface area contributed by atoms with Crippen LogP contribution in [0, 0.1) is 5.92 Å². The number of carbonyl (C=O) groups is 1. The highest BCUT2D eigenvalue weighted by molar-refractivity contribution is 5.72. The first-order valence-electron chi connectivity index (χ1n) is 4.78. The number of hydrogen-bond donors (Lipinski definition) is 3. The Labute approximate surface area is 87.4 Å². The molecule has 1 heterocycles. The Morgan fingerprint density at radius 2 is 2.33 bits per heavy atom. The summed E-state index contributed by atoms with van der Waals surface area (Å²) < 4.78 is 10.3. The molecule has 1 rings (SSSR count). The van der Waals surface area contributed by atoms with Gasteiger partial charge in [-0.05, 0) is 6.42 Å². The van der Waals surface area contributed by atoms with Crippen LogP contribution >= 0.6 is 0 Å². The standard InChI is InChI=1S/C9H16O6/c1-14-6-2-3-15-8(5(6)4-10)7(11)9(12)13/h5-8,10-11H,2-4H2,1H3,(H,12,13)/t5-,6?,7?,8-/m1/s1. The highest BCUT2D eigenvalue weighted by atomic mass is 16.5. The van der Waals surface area contributed by atoms with Gasteiger partial charge >= 0.3 is 5.97 Å². The van der Waals surface area contributed by atoms with Crippen LogP contribution in [0.3, 0.4) is 0 Å². The molecule has 1 aliphatic rings. The monoisotopic (exact) mass is 220 g/mol. The predicted molar refractivity (Wildman–Crippen MR) is 49.4 cm³/mol. The lowest BCUT2D eigenvalue weighted by Gasteiger charge is -2.37. The van der Waals surface area contributed by atoms with E-state index in [0.29, 0.717) is 13.0 Å². The molecule has 0 bridgehead atoms. The molecule has 2 unspecified atom stereocenters. The number of carboxylic acid groups (broad SMARTS) is 1. The third kappa shape index (κ3) is 2.66. The molecule has 0 aliphatic carbocycles. The van der Waals surface area contributed by atoms with Gasteiger partial charge in [-0.2, -0.15) is 0 Å². The minimum Gasteiger partial charge on any atom is -0.479 e. The van der Waals surface area contributed by atoms with Gasteiger partial charge in [0, 0.05) is 19.6 Å². The lowest BCUT2D eigenvalue weighted by Crippen LogP contribution is -2.51. The lowest BCUT2D eigenvalue weighted by atomic mass is 9.89. The minimum atomic E-state index is -1.62. The van der Waals surface area contributed by atoms with Crippen LogP contribution in [0.4, 0.5) is 0 Å². The van der Waals surface area contributed by atoms with Crippen molar-refractivity contribution in [2.45, 2.75) is 24.7 Å². The molecule has 1 aliphatic heterocycles. The molecule has 4 atom stereocenters. The van der Waals surface area contributed by atoms with Crippen molar-refractivity contribution in [3.8, 4) is 0 Å². The van der Waals surface area contributed by atoms with Gasteiger partial charge in [-0.15, -0.1) is 0 Å². The molecule has 0 aromatic rings. The van der Waals surface area contributed by atoms with Crippen LogP contribution in [0.15, 0.2) is 0 Å². The van der Waals surface area contributed by atoms with Crippen molar-refractivity contribution in [3.05, 3.63) is 0 Å². The van der Waals surface area contributed by atoms with Gasteiger partial charge in [0.05, 0.1) is 12.7 Å². The molecule has 1 saturated heterocycles. The smallest absolute Gasteiger partial charge is 0.335 e. The predicted octanol–water partition coefficient (Wildman–Crippen LogP) is -1.16. The number of ether oxygens (including phenoxy) is 2. The van der Waals surface area contributed by atoms with Crippen molar-refractivity contribution in [1.82, 2.24) is 0 Å². The van der Waals surface area contributed by atoms with Gasteiger partial charge in [-0.25, -0.2) is 4.79 Å². The van der Waals surface area contributed by atoms with Gasteiger partial charge in [0.2, 0.25) is 0 Å². The van der Waals surface area contributed by atoms with E-state index in [1.807, 2.05) is 0 Å². The van der Waals surface area contributed by atoms with Crippen LogP contribution in [0.5, 0.6) is 0 Å². The first-order valence-corrected chi connectivity index (χ1v) is 4.78. The van der Waals surface area contributed by atoms with Crippen molar-refractivity contribution >= 4 is 5.97 Å². The highest BCUT2D eigenvalue weighted by Gasteiger charge is 2.40. The molecule has 3 N–H and O–H groups in total. The van der Waals surface area contributed by atoms with Crippen LogP contribution in [0.1, 0.15) is 6.42 Å². The second-order valence-electron chi connectivity index (χ2n) is 3.53. The number of carboxylic acids is 1. The summed E-state index contributed by atoms with van der Waals surface area (Å²) in [5.74, 6) is -1.86. The maximum absolute atomic E-state index is 10.6. The summed E-state index contributed by atoms with van der Waals surface area (Å²) in [6.45, 7) is 0.0531. The zero-order valence-electron chi connectivity index (χ0n) is 8.50. The minimum absolute atomic E-state index is 0.270. The molecule has 6 nitrogen and oxygen atoms in total. The van der Waals surface area contributed by atoms with Gasteiger partial charge in [0.25, 0.3) is 0 Å². The summed E-state index contributed by atoms with van der Waals surface area (Å²) in [5.41, 5.74) is 0. The zero-order valence-corrected chi connectivity index (χ0v) is 8.50. The molecule has 0 saturated carbocycles. The number of hydrogen-bond acceptors (Lipinski definition) is 5. The second kappa shape index (κ2) is 5.41. The number of rotatable bonds is 4. The molecule has 0 aromatic carbocycles. The van der Waals surface area contributed by atoms with Crippen LogP contribution in [0.2, 0.25) is 0 Å². The fraction of sp³-hybridized carbons (Fsp3) is 0.889. The molecular weight excluding hydrogens is 204 g/mol. The van der Waals surface area contributed by atoms with E-state index in [1.54, 1.807) is 0 Å². The topological polar surface area (TPSA) is 96.2 Å². The van der Waals surface area contributed by atoms with Crippen molar-refractivity contribution < 1.29 is 29.6 Å². The molecule has 0 aromatic heterocycles. The Hall–Kier alpha value is -0.690. The van der Waals surface area contributed by atoms with Gasteiger partial charge < -0.3 is 24.8 Å². The third-order valence-electron chi connectivity index (χ3n) is 2.69. The molecule has 15 heavy (non-hydrogen) atoms. The van der Waals surface area contributed by atoms with Crippen LogP contribution in [0.25, 0.3) is 0 Å². The number of aliphatic hydroxyl groups excluding tert-OH is 2. The summed E-state index contributed by atoms with van der Waals surface area (Å²) in [6.07, 6.45) is -2.22. The average Bonchev–Trinajstić information content (AvgIpc) is 2.26. The third-order valence-corrected chi connectivity index (χ3v) is 2.69. The Kier molecular flexibility index (Phi) is 4.46. The van der Waals surface area contributed by atoms with Crippen molar-refractivity contribution in [1.29, 1.82) is 0 Å². The summed E-state index contributed by atoms with van der Waals surface area (Å²) in [5, 5.41) is 27.2. The quantitative estimate of drug-likeness (QED) is 0.553. The van der Waals surface area contributed by atoms with Crippen LogP contribution < -0.4 is 0 Å². The average molecular weight is 220 g/mol. The Morgan fingerprint density at radius 1 is 1.67 bits per heavy atom. The normalized spacial score (nSPS) is 33.7. The van der Waals surface area contributed by atoms with E-state index in [2.05, 4.69) is 0 Å². The summed E-state index contributed by atoms with van der Waals surface area (Å²) in [6, 6.07) is 0. The fourth-order valence-corrected chi connectivity index (χ4v) is 1.85. The molecule has 88 valence electrons. The first-order chi connectivity index (χ1) is 7.11. The SMILES string of the molecule is COC1CCO[C@@H](C(O)C(=O)O)[C@@H]1CO. The number of aliphatic carboxylic acids is 1. The van der Waals surface area contributed by atoms with Gasteiger partial charge in [-0.1, -0.05) is 0 Å². The van der Waals surface area contributed by atoms with Crippen molar-refractivity contribution in [2.75, 3.05) is 20.3 Å². The van der Waals surface area contributed by atoms with Crippen molar-refractivity contribution in [2.24, 2.45) is 5.92 Å². The van der Waals surface area contributed by atoms with Crippen molar-refractivity contribution in [3.63, 3.8) is 0 Å². The molecule has 0 radical (unpaired) electrons. The van der Waals surface area contributed by atoms with E-state index in [9.17, 15) is 9.90 Å². The zero-order chi connectivity index (χ0) is 11.4. The van der Waals surface area contributed by atoms with E-state index in [-0.39, 0.29) is 12.7 Å². The van der Waals surface area contributed by atoms with Gasteiger partial charge in [0.1, 0.15) is 6.10 Å².